The maximum atomic E-state index is 12.9. The Kier molecular flexibility index (Phi) is 7.74. The van der Waals surface area contributed by atoms with Crippen molar-refractivity contribution < 1.29 is 4.74 Å². The van der Waals surface area contributed by atoms with Crippen molar-refractivity contribution in [3.8, 4) is 6.07 Å². The first-order valence-electron chi connectivity index (χ1n) is 11.1. The van der Waals surface area contributed by atoms with Crippen molar-refractivity contribution in [1.29, 1.82) is 5.26 Å². The summed E-state index contributed by atoms with van der Waals surface area (Å²) in [6, 6.07) is 9.93. The molecule has 0 spiro atoms. The Labute approximate surface area is 197 Å². The van der Waals surface area contributed by atoms with Gasteiger partial charge in [-0.3, -0.25) is 4.79 Å². The van der Waals surface area contributed by atoms with Gasteiger partial charge in [-0.05, 0) is 68.8 Å². The van der Waals surface area contributed by atoms with Gasteiger partial charge < -0.3 is 10.1 Å². The highest BCUT2D eigenvalue weighted by Crippen LogP contribution is 2.30. The zero-order valence-electron chi connectivity index (χ0n) is 18.2. The largest absolute Gasteiger partial charge is 0.381 e. The maximum absolute atomic E-state index is 12.9. The molecule has 0 saturated carbocycles. The zero-order chi connectivity index (χ0) is 22.5. The molecule has 9 heteroatoms. The van der Waals surface area contributed by atoms with Crippen molar-refractivity contribution in [3.63, 3.8) is 0 Å². The smallest absolute Gasteiger partial charge is 0.287 e. The minimum atomic E-state index is -0.234. The minimum absolute atomic E-state index is 0.0380. The highest BCUT2D eigenvalue weighted by molar-refractivity contribution is 7.97. The molecule has 1 aromatic heterocycles. The van der Waals surface area contributed by atoms with E-state index in [9.17, 15) is 4.79 Å². The van der Waals surface area contributed by atoms with Crippen molar-refractivity contribution in [1.82, 2.24) is 14.1 Å². The van der Waals surface area contributed by atoms with Gasteiger partial charge in [0.15, 0.2) is 0 Å². The molecule has 2 saturated heterocycles. The zero-order valence-corrected chi connectivity index (χ0v) is 19.7. The highest BCUT2D eigenvalue weighted by atomic mass is 35.5. The molecule has 1 aromatic carbocycles. The minimum Gasteiger partial charge on any atom is -0.381 e. The predicted molar refractivity (Wildman–Crippen MR) is 127 cm³/mol. The Hall–Kier alpha value is -2.05. The van der Waals surface area contributed by atoms with Gasteiger partial charge in [0.25, 0.3) is 5.56 Å². The Balaban J connectivity index is 1.35. The summed E-state index contributed by atoms with van der Waals surface area (Å²) < 4.78 is 9.41. The Bertz CT molecular complexity index is 1010. The SMILES string of the molecule is C[C@@H](Nc1cnn(C2CCN(Sc3ccc(C#N)cc3)CC2)c(=O)c1Cl)[C@@H]1CCCOC1. The number of benzene rings is 1. The van der Waals surface area contributed by atoms with Crippen LogP contribution in [0.25, 0.3) is 0 Å². The van der Waals surface area contributed by atoms with Gasteiger partial charge >= 0.3 is 0 Å². The van der Waals surface area contributed by atoms with Crippen molar-refractivity contribution >= 4 is 29.2 Å². The first-order valence-corrected chi connectivity index (χ1v) is 12.2. The lowest BCUT2D eigenvalue weighted by molar-refractivity contribution is 0.0496. The van der Waals surface area contributed by atoms with E-state index in [4.69, 9.17) is 21.6 Å². The van der Waals surface area contributed by atoms with Crippen LogP contribution in [0.1, 0.15) is 44.2 Å². The maximum Gasteiger partial charge on any atom is 0.287 e. The van der Waals surface area contributed by atoms with Crippen LogP contribution in [-0.2, 0) is 4.74 Å². The van der Waals surface area contributed by atoms with Gasteiger partial charge in [0, 0.05) is 36.6 Å². The molecule has 2 aliphatic heterocycles. The summed E-state index contributed by atoms with van der Waals surface area (Å²) in [4.78, 5) is 14.0. The third-order valence-electron chi connectivity index (χ3n) is 6.22. The number of ether oxygens (including phenoxy) is 1. The van der Waals surface area contributed by atoms with Crippen LogP contribution in [-0.4, -0.2) is 46.4 Å². The number of anilines is 1. The van der Waals surface area contributed by atoms with Crippen LogP contribution in [0.15, 0.2) is 40.2 Å². The quantitative estimate of drug-likeness (QED) is 0.624. The van der Waals surface area contributed by atoms with Crippen molar-refractivity contribution in [2.45, 2.75) is 49.6 Å². The average Bonchev–Trinajstić information content (AvgIpc) is 2.84. The van der Waals surface area contributed by atoms with Crippen LogP contribution in [0.2, 0.25) is 5.02 Å². The number of hydrogen-bond donors (Lipinski definition) is 1. The molecule has 32 heavy (non-hydrogen) atoms. The molecule has 0 amide bonds. The Morgan fingerprint density at radius 3 is 2.69 bits per heavy atom. The fraction of sp³-hybridized carbons (Fsp3) is 0.522. The van der Waals surface area contributed by atoms with Crippen LogP contribution >= 0.6 is 23.5 Å². The number of nitriles is 1. The molecule has 2 fully saturated rings. The normalized spacial score (nSPS) is 21.1. The fourth-order valence-corrected chi connectivity index (χ4v) is 5.39. The second-order valence-electron chi connectivity index (χ2n) is 8.42. The van der Waals surface area contributed by atoms with Gasteiger partial charge in [-0.1, -0.05) is 11.6 Å². The number of aromatic nitrogens is 2. The number of piperidine rings is 1. The monoisotopic (exact) mass is 473 g/mol. The van der Waals surface area contributed by atoms with Crippen LogP contribution in [0.3, 0.4) is 0 Å². The van der Waals surface area contributed by atoms with Gasteiger partial charge in [0.1, 0.15) is 5.02 Å². The third kappa shape index (κ3) is 5.46. The molecule has 0 bridgehead atoms. The predicted octanol–water partition coefficient (Wildman–Crippen LogP) is 4.34. The average molecular weight is 474 g/mol. The molecule has 4 rings (SSSR count). The van der Waals surface area contributed by atoms with Crippen LogP contribution in [0, 0.1) is 17.2 Å². The molecule has 0 aliphatic carbocycles. The van der Waals surface area contributed by atoms with E-state index in [1.807, 2.05) is 24.3 Å². The van der Waals surface area contributed by atoms with E-state index in [-0.39, 0.29) is 22.7 Å². The van der Waals surface area contributed by atoms with E-state index in [1.54, 1.807) is 22.8 Å². The van der Waals surface area contributed by atoms with Crippen LogP contribution in [0.4, 0.5) is 5.69 Å². The lowest BCUT2D eigenvalue weighted by Gasteiger charge is -2.31. The standard InChI is InChI=1S/C23H28ClN5O2S/c1-16(18-3-2-12-31-15-18)27-21-14-26-29(23(30)22(21)24)19-8-10-28(11-9-19)32-20-6-4-17(13-25)5-7-20/h4-7,14,16,18-19,27H,2-3,8-12,15H2,1H3/t16-,18-/m1/s1. The molecule has 0 radical (unpaired) electrons. The number of nitrogens with zero attached hydrogens (tertiary/aromatic N) is 4. The summed E-state index contributed by atoms with van der Waals surface area (Å²) in [5, 5.41) is 17.0. The van der Waals surface area contributed by atoms with Gasteiger partial charge in [-0.2, -0.15) is 10.4 Å². The first kappa shape index (κ1) is 23.1. The highest BCUT2D eigenvalue weighted by Gasteiger charge is 2.26. The lowest BCUT2D eigenvalue weighted by Crippen LogP contribution is -2.37. The summed E-state index contributed by atoms with van der Waals surface area (Å²) in [5.74, 6) is 0.403. The molecule has 0 unspecified atom stereocenters. The van der Waals surface area contributed by atoms with Gasteiger partial charge in [0.05, 0.1) is 36.2 Å². The van der Waals surface area contributed by atoms with Gasteiger partial charge in [0.2, 0.25) is 0 Å². The van der Waals surface area contributed by atoms with Gasteiger partial charge in [-0.15, -0.1) is 0 Å². The van der Waals surface area contributed by atoms with Gasteiger partial charge in [-0.25, -0.2) is 8.99 Å². The van der Waals surface area contributed by atoms with E-state index in [0.29, 0.717) is 17.2 Å². The second-order valence-corrected chi connectivity index (χ2v) is 9.97. The van der Waals surface area contributed by atoms with E-state index < -0.39 is 0 Å². The Morgan fingerprint density at radius 2 is 2.03 bits per heavy atom. The topological polar surface area (TPSA) is 83.2 Å². The van der Waals surface area contributed by atoms with Crippen molar-refractivity contribution in [3.05, 3.63) is 51.4 Å². The van der Waals surface area contributed by atoms with Crippen molar-refractivity contribution in [2.24, 2.45) is 5.92 Å². The summed E-state index contributed by atoms with van der Waals surface area (Å²) in [7, 11) is 0. The summed E-state index contributed by atoms with van der Waals surface area (Å²) in [6.07, 6.45) is 5.51. The summed E-state index contributed by atoms with van der Waals surface area (Å²) in [6.45, 7) is 5.35. The first-order chi connectivity index (χ1) is 15.5. The van der Waals surface area contributed by atoms with Crippen LogP contribution < -0.4 is 10.9 Å². The number of rotatable bonds is 6. The van der Waals surface area contributed by atoms with E-state index >= 15 is 0 Å². The van der Waals surface area contributed by atoms with Crippen LogP contribution in [0.5, 0.6) is 0 Å². The third-order valence-corrected chi connectivity index (χ3v) is 7.69. The number of halogens is 1. The number of hydrogen-bond acceptors (Lipinski definition) is 7. The molecular weight excluding hydrogens is 446 g/mol. The van der Waals surface area contributed by atoms with E-state index in [2.05, 4.69) is 27.7 Å². The molecule has 170 valence electrons. The lowest BCUT2D eigenvalue weighted by atomic mass is 9.95. The summed E-state index contributed by atoms with van der Waals surface area (Å²) in [5.41, 5.74) is 1.02. The Morgan fingerprint density at radius 1 is 1.28 bits per heavy atom. The molecule has 3 heterocycles. The molecule has 7 nitrogen and oxygen atoms in total. The molecule has 1 N–H and O–H groups in total. The van der Waals surface area contributed by atoms with E-state index in [0.717, 1.165) is 56.9 Å². The molecular formula is C23H28ClN5O2S. The van der Waals surface area contributed by atoms with E-state index in [1.165, 1.54) is 0 Å². The molecule has 2 atom stereocenters. The molecule has 2 aromatic rings. The second kappa shape index (κ2) is 10.7. The number of nitrogens with one attached hydrogen (secondary N) is 1. The van der Waals surface area contributed by atoms with Crippen molar-refractivity contribution in [2.75, 3.05) is 31.6 Å². The fourth-order valence-electron chi connectivity index (χ4n) is 4.25. The molecule has 2 aliphatic rings. The summed E-state index contributed by atoms with van der Waals surface area (Å²) >= 11 is 8.14.